The van der Waals surface area contributed by atoms with Crippen molar-refractivity contribution in [2.75, 3.05) is 25.1 Å². The van der Waals surface area contributed by atoms with E-state index in [0.717, 1.165) is 0 Å². The molecular weight excluding hydrogens is 295 g/mol. The van der Waals surface area contributed by atoms with E-state index in [0.29, 0.717) is 18.7 Å². The Hall–Kier alpha value is -1.47. The lowest BCUT2D eigenvalue weighted by Gasteiger charge is -2.25. The van der Waals surface area contributed by atoms with Crippen molar-refractivity contribution in [3.05, 3.63) is 35.6 Å². The highest BCUT2D eigenvalue weighted by Gasteiger charge is 2.26. The molecule has 1 aromatic rings. The normalized spacial score (nSPS) is 21.0. The van der Waals surface area contributed by atoms with Crippen molar-refractivity contribution in [2.24, 2.45) is 0 Å². The Morgan fingerprint density at radius 2 is 2.24 bits per heavy atom. The molecule has 1 N–H and O–H groups in total. The van der Waals surface area contributed by atoms with Crippen molar-refractivity contribution < 1.29 is 17.6 Å². The molecule has 116 valence electrons. The highest BCUT2D eigenvalue weighted by molar-refractivity contribution is 7.91. The van der Waals surface area contributed by atoms with Crippen LogP contribution in [0.1, 0.15) is 12.0 Å². The van der Waals surface area contributed by atoms with Gasteiger partial charge in [0.2, 0.25) is 5.91 Å². The van der Waals surface area contributed by atoms with E-state index in [9.17, 15) is 17.6 Å². The minimum absolute atomic E-state index is 0.00740. The van der Waals surface area contributed by atoms with Crippen LogP contribution in [0.15, 0.2) is 24.3 Å². The van der Waals surface area contributed by atoms with E-state index < -0.39 is 9.84 Å². The summed E-state index contributed by atoms with van der Waals surface area (Å²) in [6.07, 6.45) is 0.130. The van der Waals surface area contributed by atoms with Crippen LogP contribution >= 0.6 is 0 Å². The number of rotatable bonds is 4. The number of hydrogen-bond donors (Lipinski definition) is 1. The first-order valence-corrected chi connectivity index (χ1v) is 8.60. The summed E-state index contributed by atoms with van der Waals surface area (Å²) in [4.78, 5) is 13.6. The van der Waals surface area contributed by atoms with Gasteiger partial charge in [-0.3, -0.25) is 4.79 Å². The Bertz CT molecular complexity index is 618. The summed E-state index contributed by atoms with van der Waals surface area (Å²) < 4.78 is 36.2. The summed E-state index contributed by atoms with van der Waals surface area (Å²) in [5.74, 6) is -0.383. The molecule has 1 atom stereocenters. The lowest BCUT2D eigenvalue weighted by atomic mass is 10.1. The predicted octanol–water partition coefficient (Wildman–Crippen LogP) is 0.561. The molecule has 1 heterocycles. The molecule has 1 aromatic carbocycles. The quantitative estimate of drug-likeness (QED) is 0.882. The molecule has 21 heavy (non-hydrogen) atoms. The van der Waals surface area contributed by atoms with Crippen LogP contribution in [0.2, 0.25) is 0 Å². The number of halogens is 1. The Morgan fingerprint density at radius 3 is 2.90 bits per heavy atom. The number of nitrogens with one attached hydrogen (secondary N) is 1. The van der Waals surface area contributed by atoms with Crippen LogP contribution in [-0.2, 0) is 21.2 Å². The molecule has 0 radical (unpaired) electrons. The first-order valence-electron chi connectivity index (χ1n) is 6.78. The van der Waals surface area contributed by atoms with Crippen LogP contribution in [-0.4, -0.2) is 50.4 Å². The number of amides is 1. The lowest BCUT2D eigenvalue weighted by molar-refractivity contribution is -0.130. The molecule has 7 heteroatoms. The molecule has 0 bridgehead atoms. The van der Waals surface area contributed by atoms with Gasteiger partial charge in [0, 0.05) is 32.6 Å². The second kappa shape index (κ2) is 6.53. The molecule has 1 fully saturated rings. The van der Waals surface area contributed by atoms with Gasteiger partial charge in [0.25, 0.3) is 0 Å². The lowest BCUT2D eigenvalue weighted by Crippen LogP contribution is -2.47. The number of benzene rings is 1. The van der Waals surface area contributed by atoms with Crippen LogP contribution in [0.3, 0.4) is 0 Å². The fraction of sp³-hybridized carbons (Fsp3) is 0.500. The third-order valence-corrected chi connectivity index (χ3v) is 5.19. The fourth-order valence-corrected chi connectivity index (χ4v) is 3.81. The molecule has 0 aromatic heterocycles. The van der Waals surface area contributed by atoms with Gasteiger partial charge in [0.1, 0.15) is 5.82 Å². The van der Waals surface area contributed by atoms with Crippen molar-refractivity contribution in [1.29, 1.82) is 0 Å². The summed E-state index contributed by atoms with van der Waals surface area (Å²) in [5, 5.41) is 3.05. The summed E-state index contributed by atoms with van der Waals surface area (Å²) >= 11 is 0. The molecule has 0 spiro atoms. The van der Waals surface area contributed by atoms with Crippen LogP contribution in [0.5, 0.6) is 0 Å². The van der Waals surface area contributed by atoms with Crippen molar-refractivity contribution in [2.45, 2.75) is 19.0 Å². The summed E-state index contributed by atoms with van der Waals surface area (Å²) in [6.45, 7) is 0.684. The van der Waals surface area contributed by atoms with Crippen LogP contribution in [0.4, 0.5) is 4.39 Å². The molecule has 1 aliphatic heterocycles. The minimum Gasteiger partial charge on any atom is -0.341 e. The van der Waals surface area contributed by atoms with E-state index in [-0.39, 0.29) is 35.7 Å². The molecule has 0 saturated carbocycles. The Morgan fingerprint density at radius 1 is 1.48 bits per heavy atom. The van der Waals surface area contributed by atoms with Crippen molar-refractivity contribution >= 4 is 15.7 Å². The van der Waals surface area contributed by atoms with Gasteiger partial charge >= 0.3 is 0 Å². The minimum atomic E-state index is -3.05. The van der Waals surface area contributed by atoms with Crippen molar-refractivity contribution in [1.82, 2.24) is 10.2 Å². The molecule has 1 amide bonds. The van der Waals surface area contributed by atoms with Gasteiger partial charge in [0.15, 0.2) is 9.84 Å². The van der Waals surface area contributed by atoms with Gasteiger partial charge in [-0.05, 0) is 17.7 Å². The maximum absolute atomic E-state index is 13.1. The second-order valence-electron chi connectivity index (χ2n) is 5.35. The molecule has 1 saturated heterocycles. The van der Waals surface area contributed by atoms with E-state index >= 15 is 0 Å². The van der Waals surface area contributed by atoms with E-state index in [2.05, 4.69) is 5.32 Å². The van der Waals surface area contributed by atoms with Gasteiger partial charge in [-0.15, -0.1) is 0 Å². The average Bonchev–Trinajstić information content (AvgIpc) is 2.37. The largest absolute Gasteiger partial charge is 0.341 e. The first-order chi connectivity index (χ1) is 9.85. The smallest absolute Gasteiger partial charge is 0.224 e. The Balaban J connectivity index is 1.90. The van der Waals surface area contributed by atoms with Crippen molar-refractivity contribution in [3.8, 4) is 0 Å². The number of sulfone groups is 1. The predicted molar refractivity (Wildman–Crippen MR) is 77.9 cm³/mol. The Labute approximate surface area is 124 Å². The molecular formula is C14H19FN2O3S. The maximum Gasteiger partial charge on any atom is 0.224 e. The summed E-state index contributed by atoms with van der Waals surface area (Å²) in [6, 6.07) is 5.73. The molecule has 5 nitrogen and oxygen atoms in total. The number of carbonyl (C=O) groups is 1. The number of carbonyl (C=O) groups excluding carboxylic acids is 1. The topological polar surface area (TPSA) is 66.5 Å². The molecule has 1 aliphatic rings. The van der Waals surface area contributed by atoms with E-state index in [1.54, 1.807) is 19.2 Å². The zero-order chi connectivity index (χ0) is 15.5. The van der Waals surface area contributed by atoms with Crippen LogP contribution in [0.25, 0.3) is 0 Å². The second-order valence-corrected chi connectivity index (χ2v) is 7.58. The van der Waals surface area contributed by atoms with E-state index in [1.165, 1.54) is 17.0 Å². The van der Waals surface area contributed by atoms with Gasteiger partial charge in [-0.2, -0.15) is 0 Å². The third-order valence-electron chi connectivity index (χ3n) is 3.46. The summed E-state index contributed by atoms with van der Waals surface area (Å²) in [5.41, 5.74) is 0.704. The van der Waals surface area contributed by atoms with Gasteiger partial charge in [0.05, 0.1) is 11.5 Å². The highest BCUT2D eigenvalue weighted by Crippen LogP contribution is 2.10. The molecule has 1 unspecified atom stereocenters. The Kier molecular flexibility index (Phi) is 4.95. The van der Waals surface area contributed by atoms with Crippen molar-refractivity contribution in [3.63, 3.8) is 0 Å². The zero-order valence-electron chi connectivity index (χ0n) is 11.9. The molecule has 2 rings (SSSR count). The molecule has 0 aliphatic carbocycles. The average molecular weight is 314 g/mol. The first kappa shape index (κ1) is 15.9. The number of nitrogens with zero attached hydrogens (tertiary/aromatic N) is 1. The third kappa shape index (κ3) is 4.78. The number of hydrogen-bond acceptors (Lipinski definition) is 4. The van der Waals surface area contributed by atoms with E-state index in [4.69, 9.17) is 0 Å². The fourth-order valence-electron chi connectivity index (χ4n) is 2.36. The van der Waals surface area contributed by atoms with Crippen LogP contribution < -0.4 is 5.32 Å². The van der Waals surface area contributed by atoms with Crippen LogP contribution in [0, 0.1) is 5.82 Å². The SMILES string of the molecule is CN(Cc1cccc(F)c1)C(=O)CC1CS(=O)(=O)CCN1. The zero-order valence-corrected chi connectivity index (χ0v) is 12.7. The van der Waals surface area contributed by atoms with Gasteiger partial charge in [-0.25, -0.2) is 12.8 Å². The highest BCUT2D eigenvalue weighted by atomic mass is 32.2. The summed E-state index contributed by atoms with van der Waals surface area (Å²) in [7, 11) is -1.42. The van der Waals surface area contributed by atoms with Gasteiger partial charge < -0.3 is 10.2 Å². The van der Waals surface area contributed by atoms with E-state index in [1.807, 2.05) is 0 Å². The maximum atomic E-state index is 13.1. The standard InChI is InChI=1S/C14H19FN2O3S/c1-17(9-11-3-2-4-12(15)7-11)14(18)8-13-10-21(19,20)6-5-16-13/h2-4,7,13,16H,5-6,8-10H2,1H3. The monoisotopic (exact) mass is 314 g/mol. The van der Waals surface area contributed by atoms with Gasteiger partial charge in [-0.1, -0.05) is 12.1 Å².